The first-order valence-corrected chi connectivity index (χ1v) is 9.71. The van der Waals surface area contributed by atoms with Crippen LogP contribution in [-0.2, 0) is 11.3 Å². The average Bonchev–Trinajstić information content (AvgIpc) is 2.71. The number of hydrogen-bond acceptors (Lipinski definition) is 3. The molecule has 1 fully saturated rings. The van der Waals surface area contributed by atoms with Gasteiger partial charge in [-0.15, -0.1) is 0 Å². The summed E-state index contributed by atoms with van der Waals surface area (Å²) in [6.45, 7) is 2.77. The molecule has 2 aromatic rings. The summed E-state index contributed by atoms with van der Waals surface area (Å²) in [6.07, 6.45) is 3.80. The molecule has 4 nitrogen and oxygen atoms in total. The number of benzene rings is 2. The zero-order chi connectivity index (χ0) is 18.6. The molecule has 2 aliphatic rings. The van der Waals surface area contributed by atoms with Gasteiger partial charge in [-0.2, -0.15) is 0 Å². The lowest BCUT2D eigenvalue weighted by Crippen LogP contribution is -2.47. The number of carbonyl (C=O) groups excluding carboxylic acids is 1. The number of hydrogen-bond donors (Lipinski definition) is 0. The highest BCUT2D eigenvalue weighted by Gasteiger charge is 2.31. The minimum Gasteiger partial charge on any atom is -0.489 e. The van der Waals surface area contributed by atoms with E-state index in [0.717, 1.165) is 37.2 Å². The first-order valence-electron chi connectivity index (χ1n) is 9.71. The SMILES string of the molecule is O=C(C[C@H]1COc2cc(F)ccc2N1Cc1ccccc1)N1CCCCC1. The van der Waals surface area contributed by atoms with Crippen LogP contribution in [0.4, 0.5) is 10.1 Å². The van der Waals surface area contributed by atoms with Gasteiger partial charge in [-0.05, 0) is 37.0 Å². The first-order chi connectivity index (χ1) is 13.2. The zero-order valence-electron chi connectivity index (χ0n) is 15.4. The van der Waals surface area contributed by atoms with Gasteiger partial charge in [0.15, 0.2) is 0 Å². The molecule has 27 heavy (non-hydrogen) atoms. The van der Waals surface area contributed by atoms with Crippen molar-refractivity contribution in [3.05, 3.63) is 59.9 Å². The van der Waals surface area contributed by atoms with Crippen molar-refractivity contribution in [1.82, 2.24) is 4.90 Å². The Labute approximate surface area is 159 Å². The fraction of sp³-hybridized carbons (Fsp3) is 0.409. The molecular weight excluding hydrogens is 343 g/mol. The largest absolute Gasteiger partial charge is 0.489 e. The smallest absolute Gasteiger partial charge is 0.224 e. The van der Waals surface area contributed by atoms with Gasteiger partial charge in [0.1, 0.15) is 18.2 Å². The van der Waals surface area contributed by atoms with Crippen LogP contribution in [0.15, 0.2) is 48.5 Å². The number of amides is 1. The summed E-state index contributed by atoms with van der Waals surface area (Å²) < 4.78 is 19.5. The molecule has 0 bridgehead atoms. The number of carbonyl (C=O) groups is 1. The molecule has 0 N–H and O–H groups in total. The highest BCUT2D eigenvalue weighted by Crippen LogP contribution is 2.36. The lowest BCUT2D eigenvalue weighted by atomic mass is 10.0. The molecule has 1 saturated heterocycles. The van der Waals surface area contributed by atoms with Crippen molar-refractivity contribution in [1.29, 1.82) is 0 Å². The van der Waals surface area contributed by atoms with E-state index in [0.29, 0.717) is 25.3 Å². The van der Waals surface area contributed by atoms with E-state index in [9.17, 15) is 9.18 Å². The average molecular weight is 368 g/mol. The Kier molecular flexibility index (Phi) is 5.28. The maximum Gasteiger partial charge on any atom is 0.224 e. The predicted molar refractivity (Wildman–Crippen MR) is 103 cm³/mol. The summed E-state index contributed by atoms with van der Waals surface area (Å²) in [5.41, 5.74) is 2.01. The molecule has 2 aliphatic heterocycles. The summed E-state index contributed by atoms with van der Waals surface area (Å²) in [5.74, 6) is 0.427. The molecule has 0 aliphatic carbocycles. The number of rotatable bonds is 4. The number of fused-ring (bicyclic) bond motifs is 1. The second-order valence-corrected chi connectivity index (χ2v) is 7.34. The van der Waals surface area contributed by atoms with E-state index in [2.05, 4.69) is 17.0 Å². The molecule has 0 aromatic heterocycles. The molecule has 1 amide bonds. The lowest BCUT2D eigenvalue weighted by molar-refractivity contribution is -0.132. The van der Waals surface area contributed by atoms with E-state index in [1.54, 1.807) is 6.07 Å². The van der Waals surface area contributed by atoms with Gasteiger partial charge < -0.3 is 14.5 Å². The molecule has 4 rings (SSSR count). The van der Waals surface area contributed by atoms with E-state index in [1.807, 2.05) is 23.1 Å². The van der Waals surface area contributed by atoms with Gasteiger partial charge in [0.2, 0.25) is 5.91 Å². The van der Waals surface area contributed by atoms with Crippen molar-refractivity contribution in [2.45, 2.75) is 38.3 Å². The van der Waals surface area contributed by atoms with Crippen molar-refractivity contribution in [2.24, 2.45) is 0 Å². The third-order valence-corrected chi connectivity index (χ3v) is 5.42. The second kappa shape index (κ2) is 7.99. The van der Waals surface area contributed by atoms with Gasteiger partial charge in [-0.1, -0.05) is 30.3 Å². The van der Waals surface area contributed by atoms with Crippen molar-refractivity contribution in [2.75, 3.05) is 24.6 Å². The Morgan fingerprint density at radius 1 is 1.07 bits per heavy atom. The van der Waals surface area contributed by atoms with Crippen LogP contribution in [0.1, 0.15) is 31.2 Å². The van der Waals surface area contributed by atoms with Gasteiger partial charge in [-0.25, -0.2) is 4.39 Å². The number of likely N-dealkylation sites (tertiary alicyclic amines) is 1. The zero-order valence-corrected chi connectivity index (χ0v) is 15.4. The van der Waals surface area contributed by atoms with Crippen LogP contribution in [-0.4, -0.2) is 36.5 Å². The molecule has 0 saturated carbocycles. The number of ether oxygens (including phenoxy) is 1. The summed E-state index contributed by atoms with van der Waals surface area (Å²) >= 11 is 0. The fourth-order valence-electron chi connectivity index (χ4n) is 3.95. The molecule has 0 spiro atoms. The van der Waals surface area contributed by atoms with Crippen molar-refractivity contribution < 1.29 is 13.9 Å². The maximum absolute atomic E-state index is 13.6. The second-order valence-electron chi connectivity index (χ2n) is 7.34. The van der Waals surface area contributed by atoms with Gasteiger partial charge in [0.05, 0.1) is 18.2 Å². The minimum absolute atomic E-state index is 0.0578. The van der Waals surface area contributed by atoms with Gasteiger partial charge >= 0.3 is 0 Å². The Morgan fingerprint density at radius 3 is 2.63 bits per heavy atom. The number of piperidine rings is 1. The normalized spacial score (nSPS) is 19.4. The van der Waals surface area contributed by atoms with E-state index in [-0.39, 0.29) is 17.8 Å². The molecule has 2 heterocycles. The summed E-state index contributed by atoms with van der Waals surface area (Å²) in [6, 6.07) is 14.7. The Balaban J connectivity index is 1.57. The third-order valence-electron chi connectivity index (χ3n) is 5.42. The molecule has 2 aromatic carbocycles. The van der Waals surface area contributed by atoms with Crippen LogP contribution < -0.4 is 9.64 Å². The standard InChI is InChI=1S/C22H25FN2O2/c23-18-9-10-20-21(13-18)27-16-19(14-22(26)24-11-5-2-6-12-24)25(20)15-17-7-3-1-4-8-17/h1,3-4,7-10,13,19H,2,5-6,11-12,14-16H2/t19-/m0/s1. The van der Waals surface area contributed by atoms with Crippen molar-refractivity contribution >= 4 is 11.6 Å². The third kappa shape index (κ3) is 4.07. The highest BCUT2D eigenvalue weighted by molar-refractivity contribution is 5.78. The van der Waals surface area contributed by atoms with E-state index in [4.69, 9.17) is 4.74 Å². The van der Waals surface area contributed by atoms with Gasteiger partial charge in [-0.3, -0.25) is 4.79 Å². The van der Waals surface area contributed by atoms with Crippen LogP contribution >= 0.6 is 0 Å². The minimum atomic E-state index is -0.309. The quantitative estimate of drug-likeness (QED) is 0.818. The topological polar surface area (TPSA) is 32.8 Å². The summed E-state index contributed by atoms with van der Waals surface area (Å²) in [4.78, 5) is 17.0. The van der Waals surface area contributed by atoms with Crippen LogP contribution in [0.25, 0.3) is 0 Å². The van der Waals surface area contributed by atoms with Gasteiger partial charge in [0.25, 0.3) is 0 Å². The van der Waals surface area contributed by atoms with Gasteiger partial charge in [0, 0.05) is 25.7 Å². The highest BCUT2D eigenvalue weighted by atomic mass is 19.1. The molecule has 0 unspecified atom stereocenters. The maximum atomic E-state index is 13.6. The van der Waals surface area contributed by atoms with Crippen LogP contribution in [0.3, 0.4) is 0 Å². The summed E-state index contributed by atoms with van der Waals surface area (Å²) in [7, 11) is 0. The number of nitrogens with zero attached hydrogens (tertiary/aromatic N) is 2. The molecule has 142 valence electrons. The molecule has 0 radical (unpaired) electrons. The van der Waals surface area contributed by atoms with Crippen LogP contribution in [0.5, 0.6) is 5.75 Å². The predicted octanol–water partition coefficient (Wildman–Crippen LogP) is 4.00. The Bertz CT molecular complexity index is 790. The number of anilines is 1. The molecule has 1 atom stereocenters. The van der Waals surface area contributed by atoms with Crippen LogP contribution in [0, 0.1) is 5.82 Å². The number of halogens is 1. The van der Waals surface area contributed by atoms with E-state index < -0.39 is 0 Å². The van der Waals surface area contributed by atoms with Crippen molar-refractivity contribution in [3.63, 3.8) is 0 Å². The van der Waals surface area contributed by atoms with E-state index >= 15 is 0 Å². The molecular formula is C22H25FN2O2. The monoisotopic (exact) mass is 368 g/mol. The Morgan fingerprint density at radius 2 is 1.85 bits per heavy atom. The van der Waals surface area contributed by atoms with Crippen LogP contribution in [0.2, 0.25) is 0 Å². The molecule has 5 heteroatoms. The fourth-order valence-corrected chi connectivity index (χ4v) is 3.95. The Hall–Kier alpha value is -2.56. The summed E-state index contributed by atoms with van der Waals surface area (Å²) in [5, 5.41) is 0. The lowest BCUT2D eigenvalue weighted by Gasteiger charge is -2.39. The first kappa shape index (κ1) is 17.8. The van der Waals surface area contributed by atoms with Crippen molar-refractivity contribution in [3.8, 4) is 5.75 Å². The van der Waals surface area contributed by atoms with E-state index in [1.165, 1.54) is 18.6 Å².